The van der Waals surface area contributed by atoms with Gasteiger partial charge in [0.2, 0.25) is 0 Å². The van der Waals surface area contributed by atoms with E-state index in [2.05, 4.69) is 61.8 Å². The highest BCUT2D eigenvalue weighted by Crippen LogP contribution is 2.75. The summed E-state index contributed by atoms with van der Waals surface area (Å²) >= 11 is 2.13. The molecular formula is C38H61FN2S. The highest BCUT2D eigenvalue weighted by Gasteiger charge is 2.68. The molecule has 42 heavy (non-hydrogen) atoms. The summed E-state index contributed by atoms with van der Waals surface area (Å²) in [5.41, 5.74) is 5.02. The molecule has 0 aromatic rings. The molecular weight excluding hydrogens is 535 g/mol. The molecule has 7 aliphatic rings. The lowest BCUT2D eigenvalue weighted by atomic mass is 9.34. The maximum absolute atomic E-state index is 13.3. The number of thioether (sulfide) groups is 1. The van der Waals surface area contributed by atoms with Gasteiger partial charge in [0.15, 0.2) is 0 Å². The minimum Gasteiger partial charge on any atom is -0.310 e. The van der Waals surface area contributed by atoms with Crippen molar-refractivity contribution in [3.63, 3.8) is 0 Å². The van der Waals surface area contributed by atoms with Gasteiger partial charge in [0, 0.05) is 43.2 Å². The number of allylic oxidation sites excluding steroid dienone is 4. The van der Waals surface area contributed by atoms with Crippen molar-refractivity contribution >= 4 is 11.8 Å². The van der Waals surface area contributed by atoms with E-state index in [0.29, 0.717) is 27.7 Å². The number of alkyl halides is 1. The van der Waals surface area contributed by atoms with Crippen molar-refractivity contribution in [2.24, 2.45) is 51.8 Å². The van der Waals surface area contributed by atoms with Crippen LogP contribution in [-0.4, -0.2) is 54.8 Å². The molecule has 236 valence electrons. The van der Waals surface area contributed by atoms with Crippen LogP contribution in [0.1, 0.15) is 111 Å². The minimum atomic E-state index is -0.144. The smallest absolute Gasteiger partial charge is 0.0925 e. The maximum Gasteiger partial charge on any atom is 0.0925 e. The van der Waals surface area contributed by atoms with E-state index in [4.69, 9.17) is 0 Å². The third kappa shape index (κ3) is 4.68. The first-order valence-corrected chi connectivity index (χ1v) is 19.4. The molecule has 1 heterocycles. The fourth-order valence-electron chi connectivity index (χ4n) is 13.1. The Balaban J connectivity index is 1.09. The molecule has 0 aromatic carbocycles. The van der Waals surface area contributed by atoms with Crippen LogP contribution in [0.15, 0.2) is 23.3 Å². The zero-order valence-electron chi connectivity index (χ0n) is 27.5. The zero-order valence-corrected chi connectivity index (χ0v) is 28.3. The Hall–Kier alpha value is -0.320. The maximum atomic E-state index is 13.3. The molecule has 0 bridgehead atoms. The second-order valence-corrected chi connectivity index (χ2v) is 18.2. The molecule has 1 saturated heterocycles. The van der Waals surface area contributed by atoms with Gasteiger partial charge in [-0.15, -0.1) is 0 Å². The van der Waals surface area contributed by atoms with Gasteiger partial charge in [0.1, 0.15) is 0 Å². The van der Waals surface area contributed by atoms with E-state index in [0.717, 1.165) is 42.9 Å². The third-order valence-electron chi connectivity index (χ3n) is 15.7. The molecule has 6 aliphatic carbocycles. The Morgan fingerprint density at radius 3 is 2.50 bits per heavy atom. The van der Waals surface area contributed by atoms with Gasteiger partial charge in [0.05, 0.1) is 6.67 Å². The average molecular weight is 597 g/mol. The summed E-state index contributed by atoms with van der Waals surface area (Å²) in [4.78, 5) is 2.71. The second kappa shape index (κ2) is 11.5. The van der Waals surface area contributed by atoms with Crippen LogP contribution in [-0.2, 0) is 0 Å². The van der Waals surface area contributed by atoms with E-state index in [1.165, 1.54) is 102 Å². The van der Waals surface area contributed by atoms with E-state index in [1.807, 2.05) is 0 Å². The summed E-state index contributed by atoms with van der Waals surface area (Å²) in [5.74, 6) is 7.01. The van der Waals surface area contributed by atoms with Gasteiger partial charge in [-0.3, -0.25) is 4.39 Å². The molecule has 0 aromatic heterocycles. The molecule has 5 fully saturated rings. The van der Waals surface area contributed by atoms with Crippen LogP contribution in [0.25, 0.3) is 0 Å². The first-order valence-electron chi connectivity index (χ1n) is 18.2. The van der Waals surface area contributed by atoms with Crippen LogP contribution in [0.3, 0.4) is 0 Å². The quantitative estimate of drug-likeness (QED) is 0.329. The van der Waals surface area contributed by atoms with E-state index in [-0.39, 0.29) is 12.6 Å². The minimum absolute atomic E-state index is 0.144. The molecule has 4 heteroatoms. The summed E-state index contributed by atoms with van der Waals surface area (Å²) in [7, 11) is 0. The molecule has 0 spiro atoms. The fraction of sp³-hybridized carbons (Fsp3) is 0.895. The number of hydrogen-bond donors (Lipinski definition) is 1. The standard InChI is InChI=1S/C38H61FN2S/c1-27-30(29-9-7-28(26-39)8-10-29)13-16-35(2)31(27)14-17-37(4)34(35)12-11-32-33-6-5-15-38(33,19-18-36(32,37)3)40-20-21-41-22-24-42-25-23-41/h9,13,27-28,31-34,40H,5-8,10-12,14-26H2,1-4H3/t27?,28?,31?,32?,33-,34?,35?,36-,37?,38?/m1/s1. The number of nitrogens with zero attached hydrogens (tertiary/aromatic N) is 1. The number of halogens is 1. The van der Waals surface area contributed by atoms with Crippen molar-refractivity contribution in [2.75, 3.05) is 44.4 Å². The second-order valence-electron chi connectivity index (χ2n) is 16.9. The van der Waals surface area contributed by atoms with Crippen LogP contribution < -0.4 is 5.32 Å². The lowest BCUT2D eigenvalue weighted by Gasteiger charge is -2.71. The van der Waals surface area contributed by atoms with Gasteiger partial charge >= 0.3 is 0 Å². The van der Waals surface area contributed by atoms with E-state index < -0.39 is 0 Å². The third-order valence-corrected chi connectivity index (χ3v) is 16.6. The lowest BCUT2D eigenvalue weighted by molar-refractivity contribution is -0.212. The first-order chi connectivity index (χ1) is 20.2. The molecule has 4 saturated carbocycles. The molecule has 0 radical (unpaired) electrons. The Morgan fingerprint density at radius 1 is 0.905 bits per heavy atom. The predicted molar refractivity (Wildman–Crippen MR) is 178 cm³/mol. The van der Waals surface area contributed by atoms with Crippen molar-refractivity contribution in [1.29, 1.82) is 0 Å². The predicted octanol–water partition coefficient (Wildman–Crippen LogP) is 9.07. The van der Waals surface area contributed by atoms with Gasteiger partial charge in [0.25, 0.3) is 0 Å². The Labute approximate surface area is 261 Å². The van der Waals surface area contributed by atoms with Crippen LogP contribution in [0.2, 0.25) is 0 Å². The fourth-order valence-corrected chi connectivity index (χ4v) is 14.1. The molecule has 8 unspecified atom stereocenters. The van der Waals surface area contributed by atoms with Gasteiger partial charge in [-0.05, 0) is 140 Å². The Kier molecular flexibility index (Phi) is 8.30. The molecule has 0 amide bonds. The Morgan fingerprint density at radius 2 is 1.74 bits per heavy atom. The Bertz CT molecular complexity index is 1070. The monoisotopic (exact) mass is 596 g/mol. The first kappa shape index (κ1) is 30.3. The number of nitrogens with one attached hydrogen (secondary N) is 1. The van der Waals surface area contributed by atoms with Crippen LogP contribution in [0, 0.1) is 51.8 Å². The van der Waals surface area contributed by atoms with Crippen molar-refractivity contribution < 1.29 is 4.39 Å². The van der Waals surface area contributed by atoms with Crippen molar-refractivity contribution in [1.82, 2.24) is 10.2 Å². The summed E-state index contributed by atoms with van der Waals surface area (Å²) in [6, 6.07) is 0. The molecule has 10 atom stereocenters. The summed E-state index contributed by atoms with van der Waals surface area (Å²) < 4.78 is 13.3. The van der Waals surface area contributed by atoms with Gasteiger partial charge in [-0.1, -0.05) is 46.3 Å². The topological polar surface area (TPSA) is 15.3 Å². The van der Waals surface area contributed by atoms with Gasteiger partial charge in [-0.25, -0.2) is 0 Å². The molecule has 2 nitrogen and oxygen atoms in total. The van der Waals surface area contributed by atoms with Crippen molar-refractivity contribution in [3.8, 4) is 0 Å². The number of hydrogen-bond acceptors (Lipinski definition) is 3. The van der Waals surface area contributed by atoms with Crippen molar-refractivity contribution in [2.45, 2.75) is 117 Å². The largest absolute Gasteiger partial charge is 0.310 e. The summed E-state index contributed by atoms with van der Waals surface area (Å²) in [6.45, 7) is 15.8. The molecule has 7 rings (SSSR count). The average Bonchev–Trinajstić information content (AvgIpc) is 3.42. The van der Waals surface area contributed by atoms with Crippen molar-refractivity contribution in [3.05, 3.63) is 23.3 Å². The summed E-state index contributed by atoms with van der Waals surface area (Å²) in [6.07, 6.45) is 22.4. The van der Waals surface area contributed by atoms with Gasteiger partial charge in [-0.2, -0.15) is 11.8 Å². The molecule has 1 aliphatic heterocycles. The molecule has 1 N–H and O–H groups in total. The van der Waals surface area contributed by atoms with E-state index >= 15 is 0 Å². The van der Waals surface area contributed by atoms with Crippen LogP contribution >= 0.6 is 11.8 Å². The summed E-state index contributed by atoms with van der Waals surface area (Å²) in [5, 5.41) is 4.30. The van der Waals surface area contributed by atoms with Gasteiger partial charge < -0.3 is 10.2 Å². The highest BCUT2D eigenvalue weighted by molar-refractivity contribution is 7.99. The normalized spacial score (nSPS) is 49.3. The highest BCUT2D eigenvalue weighted by atomic mass is 32.2. The lowest BCUT2D eigenvalue weighted by Crippen LogP contribution is -2.67. The van der Waals surface area contributed by atoms with E-state index in [1.54, 1.807) is 11.1 Å². The zero-order chi connectivity index (χ0) is 29.2. The van der Waals surface area contributed by atoms with E-state index in [9.17, 15) is 4.39 Å². The van der Waals surface area contributed by atoms with Crippen LogP contribution in [0.5, 0.6) is 0 Å². The number of rotatable bonds is 6. The SMILES string of the molecule is CC1C(C2=CCC(CF)CC2)=CCC2(C)C1CCC1(C)C2CCC2[C@H]3CCCC3(NCCN3CCSCC3)CC[C@]21C. The van der Waals surface area contributed by atoms with Crippen LogP contribution in [0.4, 0.5) is 4.39 Å². The number of fused-ring (bicyclic) bond motifs is 7.